The van der Waals surface area contributed by atoms with E-state index in [9.17, 15) is 19.2 Å². The van der Waals surface area contributed by atoms with E-state index in [2.05, 4.69) is 65.6 Å². The van der Waals surface area contributed by atoms with Crippen molar-refractivity contribution in [3.8, 4) is 0 Å². The molecule has 3 aromatic heterocycles. The number of nitrogens with one attached hydrogen (secondary N) is 2. The average Bonchev–Trinajstić information content (AvgIpc) is 4.08. The number of likely N-dealkylation sites (tertiary alicyclic amines) is 1. The molecule has 5 amide bonds. The Balaban J connectivity index is 0.741. The van der Waals surface area contributed by atoms with E-state index in [4.69, 9.17) is 15.2 Å². The van der Waals surface area contributed by atoms with E-state index in [0.717, 1.165) is 99.8 Å². The maximum atomic E-state index is 12.7. The van der Waals surface area contributed by atoms with Gasteiger partial charge in [-0.15, -0.1) is 0 Å². The van der Waals surface area contributed by atoms with Crippen molar-refractivity contribution in [2.75, 3.05) is 63.1 Å². The van der Waals surface area contributed by atoms with Crippen LogP contribution in [0, 0.1) is 5.92 Å². The summed E-state index contributed by atoms with van der Waals surface area (Å²) >= 11 is 0. The van der Waals surface area contributed by atoms with Gasteiger partial charge in [-0.25, -0.2) is 14.8 Å². The molecule has 5 fully saturated rings. The van der Waals surface area contributed by atoms with Crippen LogP contribution >= 0.6 is 0 Å². The molecule has 4 aliphatic heterocycles. The van der Waals surface area contributed by atoms with E-state index >= 15 is 0 Å². The molecule has 1 aliphatic carbocycles. The second kappa shape index (κ2) is 16.1. The minimum Gasteiger partial charge on any atom is -0.364 e. The minimum atomic E-state index is -0.644. The second-order valence-electron chi connectivity index (χ2n) is 17.8. The molecule has 10 rings (SSSR count). The zero-order valence-electron chi connectivity index (χ0n) is 34.6. The van der Waals surface area contributed by atoms with Gasteiger partial charge in [0, 0.05) is 75.0 Å². The number of aromatic nitrogens is 4. The Hall–Kier alpha value is -6.03. The molecule has 61 heavy (non-hydrogen) atoms. The molecule has 2 unspecified atom stereocenters. The highest BCUT2D eigenvalue weighted by molar-refractivity contribution is 6.09. The fourth-order valence-corrected chi connectivity index (χ4v) is 10.7. The number of primary amides is 1. The third kappa shape index (κ3) is 7.55. The lowest BCUT2D eigenvalue weighted by atomic mass is 9.89. The zero-order chi connectivity index (χ0) is 41.8. The van der Waals surface area contributed by atoms with Gasteiger partial charge in [-0.05, 0) is 112 Å². The summed E-state index contributed by atoms with van der Waals surface area (Å²) in [6.45, 7) is 6.16. The number of hydrogen-bond acceptors (Lipinski definition) is 11. The number of carbonyl (C=O) groups excluding carboxylic acids is 4. The van der Waals surface area contributed by atoms with Crippen LogP contribution in [0.2, 0.25) is 0 Å². The van der Waals surface area contributed by atoms with Crippen LogP contribution in [-0.4, -0.2) is 117 Å². The molecule has 0 bridgehead atoms. The van der Waals surface area contributed by atoms with Crippen molar-refractivity contribution in [2.45, 2.75) is 81.7 Å². The summed E-state index contributed by atoms with van der Waals surface area (Å²) in [7, 11) is 1.84. The summed E-state index contributed by atoms with van der Waals surface area (Å²) in [6.07, 6.45) is 12.0. The standard InChI is InChI=1S/C45H53N11O5/c1-52-21-22-56(45(52)60)32-3-2-17-54(26-32)37-24-47-41(42(46)58)43(49-37)48-30-7-5-28(6-8-30)29-14-18-53(19-15-29)25-27-4-9-31(23-27)55-20-16-33-35(55)11-12-36-39(33)40(51-61-36)34-10-13-38(57)50-44(34)59/h5-8,11-12,16,20,24,27,29,31-32,34H,2-4,9-10,13-15,17-19,21-23,25-26H2,1H3,(H2,46,58)(H,48,49)(H,50,57,59)/t27-,31?,32+,34?/m0/s1. The molecule has 4 saturated heterocycles. The number of imide groups is 1. The summed E-state index contributed by atoms with van der Waals surface area (Å²) in [5.41, 5.74) is 10.4. The first-order valence-corrected chi connectivity index (χ1v) is 21.9. The average molecular weight is 828 g/mol. The number of likely N-dealkylation sites (N-methyl/N-ethyl adjacent to an activating group) is 1. The highest BCUT2D eigenvalue weighted by Gasteiger charge is 2.36. The van der Waals surface area contributed by atoms with Crippen molar-refractivity contribution < 1.29 is 23.7 Å². The first-order chi connectivity index (χ1) is 29.7. The van der Waals surface area contributed by atoms with Gasteiger partial charge < -0.3 is 39.7 Å². The van der Waals surface area contributed by atoms with Gasteiger partial charge >= 0.3 is 6.03 Å². The van der Waals surface area contributed by atoms with Gasteiger partial charge in [-0.1, -0.05) is 17.3 Å². The van der Waals surface area contributed by atoms with Crippen LogP contribution in [0.25, 0.3) is 21.9 Å². The van der Waals surface area contributed by atoms with Gasteiger partial charge in [-0.2, -0.15) is 0 Å². The van der Waals surface area contributed by atoms with Crippen LogP contribution in [0.3, 0.4) is 0 Å². The molecule has 7 heterocycles. The SMILES string of the molecule is CN1CCN([C@@H]2CCCN(c3cnc(C(N)=O)c(Nc4ccc(C5CCN(C[C@H]6CCC(n7ccc8c9c(C%10CCC(=O)NC%10=O)noc9ccc87)C6)CC5)cc4)n3)C2)C1=O. The number of nitrogens with two attached hydrogens (primary N) is 1. The zero-order valence-corrected chi connectivity index (χ0v) is 34.6. The van der Waals surface area contributed by atoms with Gasteiger partial charge in [0.25, 0.3) is 5.91 Å². The lowest BCUT2D eigenvalue weighted by molar-refractivity contribution is -0.134. The molecule has 0 spiro atoms. The molecular formula is C45H53N11O5. The van der Waals surface area contributed by atoms with Crippen LogP contribution in [0.1, 0.15) is 97.4 Å². The Kier molecular flexibility index (Phi) is 10.3. The number of benzene rings is 2. The normalized spacial score (nSPS) is 24.3. The Labute approximate surface area is 353 Å². The first-order valence-electron chi connectivity index (χ1n) is 21.9. The van der Waals surface area contributed by atoms with Crippen LogP contribution in [0.15, 0.2) is 59.4 Å². The van der Waals surface area contributed by atoms with Crippen molar-refractivity contribution in [1.82, 2.24) is 39.7 Å². The van der Waals surface area contributed by atoms with E-state index < -0.39 is 11.8 Å². The Morgan fingerprint density at radius 3 is 2.54 bits per heavy atom. The topological polar surface area (TPSA) is 188 Å². The molecule has 5 aliphatic rings. The summed E-state index contributed by atoms with van der Waals surface area (Å²) in [6, 6.07) is 15.2. The maximum absolute atomic E-state index is 12.7. The fourth-order valence-electron chi connectivity index (χ4n) is 10.7. The first kappa shape index (κ1) is 39.1. The molecule has 16 nitrogen and oxygen atoms in total. The smallest absolute Gasteiger partial charge is 0.320 e. The lowest BCUT2D eigenvalue weighted by Gasteiger charge is -2.37. The monoisotopic (exact) mass is 827 g/mol. The maximum Gasteiger partial charge on any atom is 0.320 e. The molecule has 4 atom stereocenters. The molecule has 1 saturated carbocycles. The van der Waals surface area contributed by atoms with Crippen LogP contribution in [0.5, 0.6) is 0 Å². The number of nitrogens with zero attached hydrogens (tertiary/aromatic N) is 8. The quantitative estimate of drug-likeness (QED) is 0.151. The Morgan fingerprint density at radius 1 is 0.934 bits per heavy atom. The van der Waals surface area contributed by atoms with Crippen LogP contribution in [-0.2, 0) is 9.59 Å². The van der Waals surface area contributed by atoms with Gasteiger partial charge in [0.15, 0.2) is 17.1 Å². The number of fused-ring (bicyclic) bond motifs is 3. The number of amides is 5. The van der Waals surface area contributed by atoms with Gasteiger partial charge in [0.1, 0.15) is 11.5 Å². The summed E-state index contributed by atoms with van der Waals surface area (Å²) in [5, 5.41) is 12.0. The van der Waals surface area contributed by atoms with E-state index in [1.165, 1.54) is 12.0 Å². The van der Waals surface area contributed by atoms with Gasteiger partial charge in [0.05, 0.1) is 23.5 Å². The number of rotatable bonds is 10. The third-order valence-corrected chi connectivity index (χ3v) is 14.0. The van der Waals surface area contributed by atoms with E-state index in [1.807, 2.05) is 30.1 Å². The van der Waals surface area contributed by atoms with Crippen molar-refractivity contribution in [2.24, 2.45) is 11.7 Å². The number of anilines is 3. The molecule has 5 aromatic rings. The molecule has 0 radical (unpaired) electrons. The van der Waals surface area contributed by atoms with Gasteiger partial charge in [-0.3, -0.25) is 19.7 Å². The van der Waals surface area contributed by atoms with E-state index in [0.29, 0.717) is 60.2 Å². The molecule has 4 N–H and O–H groups in total. The highest BCUT2D eigenvalue weighted by Crippen LogP contribution is 2.41. The lowest BCUT2D eigenvalue weighted by Crippen LogP contribution is -2.49. The Bertz CT molecular complexity index is 2490. The third-order valence-electron chi connectivity index (χ3n) is 14.0. The number of hydrogen-bond donors (Lipinski definition) is 3. The minimum absolute atomic E-state index is 0.0712. The van der Waals surface area contributed by atoms with Crippen LogP contribution in [0.4, 0.5) is 22.1 Å². The second-order valence-corrected chi connectivity index (χ2v) is 17.8. The predicted octanol–water partition coefficient (Wildman–Crippen LogP) is 5.49. The van der Waals surface area contributed by atoms with Crippen molar-refractivity contribution in [1.29, 1.82) is 0 Å². The molecule has 318 valence electrons. The van der Waals surface area contributed by atoms with E-state index in [1.54, 1.807) is 11.1 Å². The van der Waals surface area contributed by atoms with Gasteiger partial charge in [0.2, 0.25) is 11.8 Å². The Morgan fingerprint density at radius 2 is 1.77 bits per heavy atom. The number of urea groups is 1. The summed E-state index contributed by atoms with van der Waals surface area (Å²) in [4.78, 5) is 67.4. The summed E-state index contributed by atoms with van der Waals surface area (Å²) in [5.74, 6) is 0.405. The molecule has 16 heteroatoms. The van der Waals surface area contributed by atoms with E-state index in [-0.39, 0.29) is 29.6 Å². The predicted molar refractivity (Wildman–Crippen MR) is 230 cm³/mol. The van der Waals surface area contributed by atoms with Crippen molar-refractivity contribution in [3.05, 3.63) is 71.8 Å². The number of carbonyl (C=O) groups is 4. The number of piperidine rings is 3. The van der Waals surface area contributed by atoms with Crippen LogP contribution < -0.4 is 21.3 Å². The molecular weight excluding hydrogens is 775 g/mol. The highest BCUT2D eigenvalue weighted by atomic mass is 16.5. The summed E-state index contributed by atoms with van der Waals surface area (Å²) < 4.78 is 8.08. The fraction of sp³-hybridized carbons (Fsp3) is 0.489. The van der Waals surface area contributed by atoms with Crippen molar-refractivity contribution in [3.63, 3.8) is 0 Å². The molecule has 2 aromatic carbocycles. The van der Waals surface area contributed by atoms with Crippen molar-refractivity contribution >= 4 is 62.9 Å². The largest absolute Gasteiger partial charge is 0.364 e.